The van der Waals surface area contributed by atoms with Crippen LogP contribution >= 0.6 is 0 Å². The van der Waals surface area contributed by atoms with Crippen molar-refractivity contribution in [1.29, 1.82) is 0 Å². The second-order valence-corrected chi connectivity index (χ2v) is 7.08. The van der Waals surface area contributed by atoms with Crippen LogP contribution in [0.15, 0.2) is 73.2 Å². The zero-order valence-corrected chi connectivity index (χ0v) is 15.4. The molecule has 0 radical (unpaired) electrons. The molecule has 3 heterocycles. The lowest BCUT2D eigenvalue weighted by molar-refractivity contribution is 0.112. The van der Waals surface area contributed by atoms with E-state index in [9.17, 15) is 4.79 Å². The number of aldehydes is 1. The van der Waals surface area contributed by atoms with Crippen molar-refractivity contribution in [2.75, 3.05) is 0 Å². The number of rotatable bonds is 4. The highest BCUT2D eigenvalue weighted by Crippen LogP contribution is 2.30. The molecule has 28 heavy (non-hydrogen) atoms. The number of carbonyl (C=O) groups is 1. The molecule has 4 heteroatoms. The fourth-order valence-corrected chi connectivity index (χ4v) is 3.83. The Morgan fingerprint density at radius 3 is 2.75 bits per heavy atom. The van der Waals surface area contributed by atoms with Crippen LogP contribution in [0.4, 0.5) is 0 Å². The number of fused-ring (bicyclic) bond motifs is 1. The van der Waals surface area contributed by atoms with E-state index in [1.807, 2.05) is 48.9 Å². The standard InChI is InChI=1S/C24H19N3O/c28-16-17-4-3-7-19(12-17)20-9-11-27-23(15-26-24(27)14-20)21-8-10-25-22(13-21)18-5-1-2-6-18/h3-5,7-16H,1-2,6H2. The third-order valence-electron chi connectivity index (χ3n) is 5.29. The first-order valence-electron chi connectivity index (χ1n) is 9.50. The maximum absolute atomic E-state index is 11.1. The molecule has 0 saturated heterocycles. The van der Waals surface area contributed by atoms with E-state index in [4.69, 9.17) is 0 Å². The summed E-state index contributed by atoms with van der Waals surface area (Å²) in [4.78, 5) is 20.2. The number of carbonyl (C=O) groups excluding carboxylic acids is 1. The SMILES string of the molecule is O=Cc1cccc(-c2ccn3c(-c4ccnc(C5=CCCC5)c4)cnc3c2)c1. The minimum Gasteiger partial charge on any atom is -0.300 e. The van der Waals surface area contributed by atoms with Crippen LogP contribution in [0, 0.1) is 0 Å². The Balaban J connectivity index is 1.55. The average molecular weight is 365 g/mol. The molecule has 1 aromatic carbocycles. The van der Waals surface area contributed by atoms with E-state index in [2.05, 4.69) is 38.6 Å². The average Bonchev–Trinajstić information content (AvgIpc) is 3.43. The van der Waals surface area contributed by atoms with Crippen LogP contribution in [0.25, 0.3) is 33.6 Å². The molecule has 0 amide bonds. The molecule has 1 aliphatic carbocycles. The maximum atomic E-state index is 11.1. The second kappa shape index (κ2) is 6.89. The number of benzene rings is 1. The Kier molecular flexibility index (Phi) is 4.09. The van der Waals surface area contributed by atoms with Gasteiger partial charge in [-0.1, -0.05) is 24.3 Å². The Morgan fingerprint density at radius 1 is 0.964 bits per heavy atom. The predicted molar refractivity (Wildman–Crippen MR) is 111 cm³/mol. The number of allylic oxidation sites excluding steroid dienone is 2. The van der Waals surface area contributed by atoms with Crippen molar-refractivity contribution in [2.45, 2.75) is 19.3 Å². The smallest absolute Gasteiger partial charge is 0.150 e. The molecule has 0 saturated carbocycles. The lowest BCUT2D eigenvalue weighted by Crippen LogP contribution is -1.92. The number of imidazole rings is 1. The van der Waals surface area contributed by atoms with Gasteiger partial charge in [0.25, 0.3) is 0 Å². The van der Waals surface area contributed by atoms with Gasteiger partial charge in [-0.2, -0.15) is 0 Å². The number of pyridine rings is 2. The molecular formula is C24H19N3O. The van der Waals surface area contributed by atoms with Crippen molar-refractivity contribution >= 4 is 17.5 Å². The molecule has 0 spiro atoms. The van der Waals surface area contributed by atoms with E-state index < -0.39 is 0 Å². The first-order valence-corrected chi connectivity index (χ1v) is 9.50. The van der Waals surface area contributed by atoms with Crippen LogP contribution in [0.3, 0.4) is 0 Å². The van der Waals surface area contributed by atoms with Gasteiger partial charge in [-0.15, -0.1) is 0 Å². The molecule has 5 rings (SSSR count). The van der Waals surface area contributed by atoms with Gasteiger partial charge in [0.2, 0.25) is 0 Å². The van der Waals surface area contributed by atoms with E-state index in [1.165, 1.54) is 12.0 Å². The van der Waals surface area contributed by atoms with Crippen molar-refractivity contribution in [3.8, 4) is 22.4 Å². The molecule has 3 aromatic heterocycles. The summed E-state index contributed by atoms with van der Waals surface area (Å²) >= 11 is 0. The van der Waals surface area contributed by atoms with E-state index in [0.29, 0.717) is 5.56 Å². The highest BCUT2D eigenvalue weighted by molar-refractivity contribution is 5.80. The Hall–Kier alpha value is -3.53. The van der Waals surface area contributed by atoms with Crippen LogP contribution < -0.4 is 0 Å². The van der Waals surface area contributed by atoms with Gasteiger partial charge in [0.1, 0.15) is 11.9 Å². The fraction of sp³-hybridized carbons (Fsp3) is 0.125. The number of hydrogen-bond donors (Lipinski definition) is 0. The zero-order valence-electron chi connectivity index (χ0n) is 15.4. The molecule has 1 aliphatic rings. The van der Waals surface area contributed by atoms with Crippen molar-refractivity contribution in [3.63, 3.8) is 0 Å². The van der Waals surface area contributed by atoms with E-state index >= 15 is 0 Å². The molecular weight excluding hydrogens is 346 g/mol. The van der Waals surface area contributed by atoms with Gasteiger partial charge in [-0.3, -0.25) is 14.2 Å². The topological polar surface area (TPSA) is 47.3 Å². The Bertz CT molecular complexity index is 1220. The molecule has 0 N–H and O–H groups in total. The summed E-state index contributed by atoms with van der Waals surface area (Å²) in [5.74, 6) is 0. The zero-order chi connectivity index (χ0) is 18.9. The van der Waals surface area contributed by atoms with Crippen molar-refractivity contribution < 1.29 is 4.79 Å². The highest BCUT2D eigenvalue weighted by atomic mass is 16.1. The molecule has 136 valence electrons. The maximum Gasteiger partial charge on any atom is 0.150 e. The second-order valence-electron chi connectivity index (χ2n) is 7.08. The molecule has 0 bridgehead atoms. The van der Waals surface area contributed by atoms with Crippen molar-refractivity contribution in [2.24, 2.45) is 0 Å². The van der Waals surface area contributed by atoms with Gasteiger partial charge >= 0.3 is 0 Å². The van der Waals surface area contributed by atoms with E-state index in [1.54, 1.807) is 0 Å². The third-order valence-corrected chi connectivity index (χ3v) is 5.29. The largest absolute Gasteiger partial charge is 0.300 e. The van der Waals surface area contributed by atoms with Crippen LogP contribution in [-0.2, 0) is 0 Å². The summed E-state index contributed by atoms with van der Waals surface area (Å²) in [6.45, 7) is 0. The molecule has 0 fully saturated rings. The minimum atomic E-state index is 0.673. The lowest BCUT2D eigenvalue weighted by Gasteiger charge is -2.07. The van der Waals surface area contributed by atoms with Gasteiger partial charge < -0.3 is 0 Å². The van der Waals surface area contributed by atoms with Gasteiger partial charge in [-0.05, 0) is 66.3 Å². The quantitative estimate of drug-likeness (QED) is 0.452. The van der Waals surface area contributed by atoms with Crippen molar-refractivity contribution in [3.05, 3.63) is 84.5 Å². The Labute approximate surface area is 163 Å². The first-order chi connectivity index (χ1) is 13.8. The first kappa shape index (κ1) is 16.6. The molecule has 4 aromatic rings. The summed E-state index contributed by atoms with van der Waals surface area (Å²) < 4.78 is 2.09. The minimum absolute atomic E-state index is 0.673. The van der Waals surface area contributed by atoms with Gasteiger partial charge in [-0.25, -0.2) is 4.98 Å². The summed E-state index contributed by atoms with van der Waals surface area (Å²) in [5, 5.41) is 0. The van der Waals surface area contributed by atoms with Crippen molar-refractivity contribution in [1.82, 2.24) is 14.4 Å². The molecule has 4 nitrogen and oxygen atoms in total. The summed E-state index contributed by atoms with van der Waals surface area (Å²) in [7, 11) is 0. The predicted octanol–water partition coefficient (Wildman–Crippen LogP) is 5.44. The van der Waals surface area contributed by atoms with Gasteiger partial charge in [0, 0.05) is 23.5 Å². The van der Waals surface area contributed by atoms with Crippen LogP contribution in [0.5, 0.6) is 0 Å². The number of hydrogen-bond acceptors (Lipinski definition) is 3. The normalized spacial score (nSPS) is 13.6. The van der Waals surface area contributed by atoms with Crippen LogP contribution in [-0.4, -0.2) is 20.7 Å². The van der Waals surface area contributed by atoms with Crippen LogP contribution in [0.2, 0.25) is 0 Å². The lowest BCUT2D eigenvalue weighted by atomic mass is 10.0. The molecule has 0 unspecified atom stereocenters. The summed E-state index contributed by atoms with van der Waals surface area (Å²) in [6.07, 6.45) is 12.4. The van der Waals surface area contributed by atoms with Gasteiger partial charge in [0.05, 0.1) is 17.6 Å². The number of nitrogens with zero attached hydrogens (tertiary/aromatic N) is 3. The monoisotopic (exact) mass is 365 g/mol. The number of aromatic nitrogens is 3. The van der Waals surface area contributed by atoms with E-state index in [-0.39, 0.29) is 0 Å². The van der Waals surface area contributed by atoms with E-state index in [0.717, 1.165) is 52.9 Å². The van der Waals surface area contributed by atoms with Crippen LogP contribution in [0.1, 0.15) is 35.3 Å². The highest BCUT2D eigenvalue weighted by Gasteiger charge is 2.12. The third kappa shape index (κ3) is 2.93. The fourth-order valence-electron chi connectivity index (χ4n) is 3.83. The summed E-state index contributed by atoms with van der Waals surface area (Å²) in [5.41, 5.74) is 8.16. The molecule has 0 atom stereocenters. The van der Waals surface area contributed by atoms with Gasteiger partial charge in [0.15, 0.2) is 0 Å². The Morgan fingerprint density at radius 2 is 1.89 bits per heavy atom. The summed E-state index contributed by atoms with van der Waals surface area (Å²) in [6, 6.07) is 15.9. The molecule has 0 aliphatic heterocycles.